The number of aromatic nitrogens is 3. The van der Waals surface area contributed by atoms with Gasteiger partial charge in [-0.2, -0.15) is 13.2 Å². The molecule has 0 amide bonds. The van der Waals surface area contributed by atoms with Gasteiger partial charge in [0.05, 0.1) is 11.0 Å². The van der Waals surface area contributed by atoms with Crippen LogP contribution >= 0.6 is 0 Å². The van der Waals surface area contributed by atoms with E-state index >= 15 is 0 Å². The van der Waals surface area contributed by atoms with Gasteiger partial charge in [-0.1, -0.05) is 30.3 Å². The van der Waals surface area contributed by atoms with Gasteiger partial charge in [0.2, 0.25) is 11.7 Å². The van der Waals surface area contributed by atoms with Gasteiger partial charge in [-0.3, -0.25) is 4.79 Å². The summed E-state index contributed by atoms with van der Waals surface area (Å²) >= 11 is 0. The zero-order chi connectivity index (χ0) is 21.3. The maximum absolute atomic E-state index is 13.3. The van der Waals surface area contributed by atoms with Gasteiger partial charge < -0.3 is 13.7 Å². The minimum absolute atomic E-state index is 0.150. The van der Waals surface area contributed by atoms with Crippen molar-refractivity contribution in [3.8, 4) is 11.5 Å². The predicted octanol–water partition coefficient (Wildman–Crippen LogP) is 4.76. The van der Waals surface area contributed by atoms with Crippen molar-refractivity contribution in [2.45, 2.75) is 26.3 Å². The lowest BCUT2D eigenvalue weighted by Gasteiger charge is -2.11. The summed E-state index contributed by atoms with van der Waals surface area (Å²) < 4.78 is 51.6. The highest BCUT2D eigenvalue weighted by molar-refractivity contribution is 5.79. The van der Waals surface area contributed by atoms with Crippen LogP contribution < -0.4 is 0 Å². The first-order valence-corrected chi connectivity index (χ1v) is 9.03. The van der Waals surface area contributed by atoms with Crippen LogP contribution in [0.4, 0.5) is 13.2 Å². The molecule has 154 valence electrons. The van der Waals surface area contributed by atoms with Gasteiger partial charge in [0, 0.05) is 5.56 Å². The Hall–Kier alpha value is -3.62. The monoisotopic (exact) mass is 415 g/mol. The van der Waals surface area contributed by atoms with Gasteiger partial charge in [-0.25, -0.2) is 9.97 Å². The minimum atomic E-state index is -4.70. The number of hydrogen-bond acceptors (Lipinski definition) is 5. The second-order valence-electron chi connectivity index (χ2n) is 6.56. The first-order valence-electron chi connectivity index (χ1n) is 9.03. The summed E-state index contributed by atoms with van der Waals surface area (Å²) in [6.07, 6.45) is -4.70. The third kappa shape index (κ3) is 3.91. The zero-order valence-electron chi connectivity index (χ0n) is 15.8. The number of alkyl halides is 3. The number of esters is 1. The van der Waals surface area contributed by atoms with Crippen molar-refractivity contribution in [2.75, 3.05) is 0 Å². The topological polar surface area (TPSA) is 70.2 Å². The van der Waals surface area contributed by atoms with Gasteiger partial charge in [0.25, 0.3) is 0 Å². The number of carbonyl (C=O) groups excluding carboxylic acids is 1. The van der Waals surface area contributed by atoms with Crippen LogP contribution in [-0.4, -0.2) is 20.5 Å². The van der Waals surface area contributed by atoms with Gasteiger partial charge in [0.1, 0.15) is 24.6 Å². The lowest BCUT2D eigenvalue weighted by atomic mass is 10.2. The number of fused-ring (bicyclic) bond motifs is 1. The summed E-state index contributed by atoms with van der Waals surface area (Å²) in [4.78, 5) is 20.2. The lowest BCUT2D eigenvalue weighted by Crippen LogP contribution is -2.20. The van der Waals surface area contributed by atoms with Crippen LogP contribution in [0.3, 0.4) is 0 Å². The van der Waals surface area contributed by atoms with E-state index in [-0.39, 0.29) is 17.6 Å². The van der Waals surface area contributed by atoms with Crippen molar-refractivity contribution in [1.29, 1.82) is 0 Å². The first kappa shape index (κ1) is 19.7. The van der Waals surface area contributed by atoms with Crippen LogP contribution in [0.1, 0.15) is 17.3 Å². The molecule has 2 aromatic carbocycles. The predicted molar refractivity (Wildman–Crippen MR) is 101 cm³/mol. The average molecular weight is 415 g/mol. The number of aryl methyl sites for hydroxylation is 1. The van der Waals surface area contributed by atoms with Crippen LogP contribution in [0.2, 0.25) is 0 Å². The molecule has 0 aliphatic heterocycles. The average Bonchev–Trinajstić information content (AvgIpc) is 3.28. The lowest BCUT2D eigenvalue weighted by molar-refractivity contribution is -0.151. The Bertz CT molecular complexity index is 1200. The molecular formula is C21H16F3N3O3. The van der Waals surface area contributed by atoms with Crippen molar-refractivity contribution >= 4 is 17.0 Å². The highest BCUT2D eigenvalue weighted by atomic mass is 19.4. The quantitative estimate of drug-likeness (QED) is 0.440. The normalized spacial score (nSPS) is 11.7. The molecule has 0 N–H and O–H groups in total. The molecule has 0 spiro atoms. The number of rotatable bonds is 5. The molecule has 0 atom stereocenters. The second kappa shape index (κ2) is 7.66. The Morgan fingerprint density at radius 2 is 1.77 bits per heavy atom. The molecule has 2 heterocycles. The number of ether oxygens (including phenoxy) is 1. The number of para-hydroxylation sites is 2. The molecule has 9 heteroatoms. The molecule has 6 nitrogen and oxygen atoms in total. The maximum atomic E-state index is 13.3. The van der Waals surface area contributed by atoms with Crippen molar-refractivity contribution in [1.82, 2.24) is 14.5 Å². The van der Waals surface area contributed by atoms with E-state index in [1.165, 1.54) is 12.1 Å². The number of benzene rings is 2. The summed E-state index contributed by atoms with van der Waals surface area (Å²) in [5.41, 5.74) is 1.51. The van der Waals surface area contributed by atoms with Crippen molar-refractivity contribution in [3.63, 3.8) is 0 Å². The van der Waals surface area contributed by atoms with Crippen LogP contribution in [0, 0.1) is 6.92 Å². The van der Waals surface area contributed by atoms with E-state index in [0.717, 1.165) is 10.1 Å². The Balaban J connectivity index is 1.51. The third-order valence-corrected chi connectivity index (χ3v) is 4.48. The van der Waals surface area contributed by atoms with Crippen molar-refractivity contribution in [3.05, 3.63) is 71.9 Å². The third-order valence-electron chi connectivity index (χ3n) is 4.48. The van der Waals surface area contributed by atoms with Crippen LogP contribution in [-0.2, 0) is 28.9 Å². The van der Waals surface area contributed by atoms with E-state index in [2.05, 4.69) is 9.97 Å². The first-order chi connectivity index (χ1) is 14.3. The smallest absolute Gasteiger partial charge is 0.449 e. The molecule has 0 radical (unpaired) electrons. The molecule has 0 aliphatic carbocycles. The van der Waals surface area contributed by atoms with E-state index in [9.17, 15) is 18.0 Å². The molecule has 0 fully saturated rings. The standard InChI is InChI=1S/C21H16F3N3O3/c1-13-16(25-19(30-13)14-7-3-2-4-8-14)12-29-18(28)11-27-17-10-6-5-9-15(17)26-20(27)21(22,23)24/h2-10H,11-12H2,1H3. The van der Waals surface area contributed by atoms with Crippen LogP contribution in [0.25, 0.3) is 22.5 Å². The summed E-state index contributed by atoms with van der Waals surface area (Å²) in [5, 5.41) is 0. The Kier molecular flexibility index (Phi) is 5.03. The van der Waals surface area contributed by atoms with Crippen molar-refractivity contribution < 1.29 is 27.1 Å². The molecule has 30 heavy (non-hydrogen) atoms. The van der Waals surface area contributed by atoms with Gasteiger partial charge in [-0.05, 0) is 31.2 Å². The number of imidazole rings is 1. The fourth-order valence-electron chi connectivity index (χ4n) is 3.04. The van der Waals surface area contributed by atoms with E-state index < -0.39 is 24.5 Å². The molecule has 0 saturated carbocycles. The maximum Gasteiger partial charge on any atom is 0.449 e. The molecule has 4 aromatic rings. The summed E-state index contributed by atoms with van der Waals surface area (Å²) in [6, 6.07) is 15.3. The fourth-order valence-corrected chi connectivity index (χ4v) is 3.04. The van der Waals surface area contributed by atoms with E-state index in [4.69, 9.17) is 9.15 Å². The molecule has 0 bridgehead atoms. The van der Waals surface area contributed by atoms with Crippen LogP contribution in [0.5, 0.6) is 0 Å². The molecule has 0 saturated heterocycles. The number of oxazole rings is 1. The van der Waals surface area contributed by atoms with Gasteiger partial charge in [-0.15, -0.1) is 0 Å². The molecule has 0 unspecified atom stereocenters. The Morgan fingerprint density at radius 3 is 2.50 bits per heavy atom. The number of carbonyl (C=O) groups is 1. The van der Waals surface area contributed by atoms with Crippen molar-refractivity contribution in [2.24, 2.45) is 0 Å². The number of hydrogen-bond donors (Lipinski definition) is 0. The van der Waals surface area contributed by atoms with Gasteiger partial charge >= 0.3 is 12.1 Å². The molecule has 4 rings (SSSR count). The highest BCUT2D eigenvalue weighted by Gasteiger charge is 2.38. The second-order valence-corrected chi connectivity index (χ2v) is 6.56. The van der Waals surface area contributed by atoms with Crippen LogP contribution in [0.15, 0.2) is 59.0 Å². The van der Waals surface area contributed by atoms with E-state index in [1.807, 2.05) is 30.3 Å². The summed E-state index contributed by atoms with van der Waals surface area (Å²) in [7, 11) is 0. The minimum Gasteiger partial charge on any atom is -0.458 e. The van der Waals surface area contributed by atoms with E-state index in [0.29, 0.717) is 17.3 Å². The molecular weight excluding hydrogens is 399 g/mol. The number of nitrogens with zero attached hydrogens (tertiary/aromatic N) is 3. The molecule has 0 aliphatic rings. The Labute approximate surface area is 168 Å². The largest absolute Gasteiger partial charge is 0.458 e. The SMILES string of the molecule is Cc1oc(-c2ccccc2)nc1COC(=O)Cn1c(C(F)(F)F)nc2ccccc21. The van der Waals surface area contributed by atoms with E-state index in [1.54, 1.807) is 19.1 Å². The zero-order valence-corrected chi connectivity index (χ0v) is 15.8. The fraction of sp³-hybridized carbons (Fsp3) is 0.190. The molecule has 2 aromatic heterocycles. The van der Waals surface area contributed by atoms with Gasteiger partial charge in [0.15, 0.2) is 0 Å². The summed E-state index contributed by atoms with van der Waals surface area (Å²) in [5.74, 6) is -1.15. The highest BCUT2D eigenvalue weighted by Crippen LogP contribution is 2.31. The summed E-state index contributed by atoms with van der Waals surface area (Å²) in [6.45, 7) is 0.834. The number of halogens is 3. The Morgan fingerprint density at radius 1 is 1.07 bits per heavy atom.